The maximum Gasteiger partial charge on any atom is 0.205 e. The van der Waals surface area contributed by atoms with Crippen molar-refractivity contribution in [2.45, 2.75) is 19.6 Å². The van der Waals surface area contributed by atoms with Gasteiger partial charge in [-0.25, -0.2) is 37.9 Å². The quantitative estimate of drug-likeness (QED) is 0.0645. The average molecular weight is 788 g/mol. The lowest BCUT2D eigenvalue weighted by molar-refractivity contribution is -0.127. The Morgan fingerprint density at radius 2 is 1.11 bits per heavy atom. The summed E-state index contributed by atoms with van der Waals surface area (Å²) in [5, 5.41) is 59.9. The van der Waals surface area contributed by atoms with E-state index in [2.05, 4.69) is 55.3 Å². The molecule has 0 aromatic heterocycles. The number of hydrogen-bond acceptors (Lipinski definition) is 20. The van der Waals surface area contributed by atoms with Gasteiger partial charge in [-0.1, -0.05) is 30.3 Å². The van der Waals surface area contributed by atoms with Crippen LogP contribution in [0.1, 0.15) is 0 Å². The van der Waals surface area contributed by atoms with Crippen molar-refractivity contribution < 1.29 is 60.3 Å². The minimum absolute atomic E-state index is 0.230. The fourth-order valence-electron chi connectivity index (χ4n) is 3.93. The summed E-state index contributed by atoms with van der Waals surface area (Å²) in [6, 6.07) is 17.1. The summed E-state index contributed by atoms with van der Waals surface area (Å²) in [7, 11) is -19.0. The van der Waals surface area contributed by atoms with Crippen molar-refractivity contribution in [3.05, 3.63) is 66.7 Å². The van der Waals surface area contributed by atoms with E-state index in [0.29, 0.717) is 17.1 Å². The van der Waals surface area contributed by atoms with Crippen LogP contribution in [-0.4, -0.2) is 43.0 Å². The van der Waals surface area contributed by atoms with E-state index in [1.807, 2.05) is 18.2 Å². The summed E-state index contributed by atoms with van der Waals surface area (Å²) in [5.74, 6) is -0.496. The third-order valence-electron chi connectivity index (χ3n) is 5.86. The van der Waals surface area contributed by atoms with Gasteiger partial charge >= 0.3 is 0 Å². The molecule has 246 valence electrons. The first kappa shape index (κ1) is 36.3. The normalized spacial score (nSPS) is 17.1. The largest absolute Gasteiger partial charge is 0.505 e. The first-order valence-electron chi connectivity index (χ1n) is 11.6. The number of aromatic hydroxyl groups is 1. The molecule has 16 nitrogen and oxygen atoms in total. The van der Waals surface area contributed by atoms with E-state index in [0.717, 1.165) is 5.69 Å². The summed E-state index contributed by atoms with van der Waals surface area (Å²) in [5.41, 5.74) is -0.278. The van der Waals surface area contributed by atoms with Gasteiger partial charge in [-0.3, -0.25) is 0 Å². The molecule has 0 saturated heterocycles. The Hall–Kier alpha value is -2.50. The zero-order valence-electron chi connectivity index (χ0n) is 22.0. The van der Waals surface area contributed by atoms with Gasteiger partial charge in [0.2, 0.25) is 35.1 Å². The van der Waals surface area contributed by atoms with E-state index in [1.165, 1.54) is 12.1 Å². The van der Waals surface area contributed by atoms with E-state index < -0.39 is 66.1 Å². The van der Waals surface area contributed by atoms with Crippen LogP contribution in [0, 0.1) is 0 Å². The third-order valence-corrected chi connectivity index (χ3v) is 13.3. The van der Waals surface area contributed by atoms with Gasteiger partial charge in [0.1, 0.15) is 21.2 Å². The van der Waals surface area contributed by atoms with Crippen LogP contribution >= 0.6 is 0 Å². The SMILES string of the molecule is O=S(=S)(OO)c1cc(S(=O)(=S)OO)c(S(=O)(=S)OO)c(N=Nc2ccc3ccc(Nc4ccccc4)cc3c2O)c1S(=O)(=S)OO. The van der Waals surface area contributed by atoms with Crippen molar-refractivity contribution in [3.8, 4) is 5.75 Å². The molecule has 0 saturated carbocycles. The molecule has 6 N–H and O–H groups in total. The highest BCUT2D eigenvalue weighted by Crippen LogP contribution is 2.45. The Morgan fingerprint density at radius 3 is 1.61 bits per heavy atom. The topological polar surface area (TPSA) is 243 Å². The second kappa shape index (κ2) is 13.9. The molecule has 4 aromatic carbocycles. The van der Waals surface area contributed by atoms with Crippen LogP contribution in [-0.2, 0) is 97.2 Å². The molecule has 46 heavy (non-hydrogen) atoms. The van der Waals surface area contributed by atoms with Crippen molar-refractivity contribution >= 4 is 113 Å². The van der Waals surface area contributed by atoms with Crippen LogP contribution in [0.25, 0.3) is 10.8 Å². The maximum absolute atomic E-state index is 13.3. The minimum Gasteiger partial charge on any atom is -0.505 e. The fraction of sp³-hybridized carbons (Fsp3) is 0. The smallest absolute Gasteiger partial charge is 0.205 e. The molecule has 0 aliphatic heterocycles. The number of fused-ring (bicyclic) bond motifs is 1. The molecule has 4 aromatic rings. The number of anilines is 2. The van der Waals surface area contributed by atoms with Gasteiger partial charge < -0.3 is 10.4 Å². The minimum atomic E-state index is -4.81. The van der Waals surface area contributed by atoms with Gasteiger partial charge in [-0.15, -0.1) is 27.6 Å². The van der Waals surface area contributed by atoms with E-state index >= 15 is 0 Å². The number of rotatable bonds is 12. The predicted octanol–water partition coefficient (Wildman–Crippen LogP) is 4.74. The van der Waals surface area contributed by atoms with E-state index in [-0.39, 0.29) is 11.1 Å². The Balaban J connectivity index is 2.09. The maximum atomic E-state index is 13.3. The second-order valence-electron chi connectivity index (χ2n) is 8.55. The molecule has 0 heterocycles. The molecule has 0 bridgehead atoms. The van der Waals surface area contributed by atoms with Gasteiger partial charge in [0, 0.05) is 61.5 Å². The summed E-state index contributed by atoms with van der Waals surface area (Å²) < 4.78 is 67.9. The van der Waals surface area contributed by atoms with Crippen LogP contribution in [0.15, 0.2) is 96.5 Å². The van der Waals surface area contributed by atoms with Crippen molar-refractivity contribution in [1.82, 2.24) is 0 Å². The molecule has 4 rings (SSSR count). The van der Waals surface area contributed by atoms with E-state index in [4.69, 9.17) is 22.4 Å². The lowest BCUT2D eigenvalue weighted by atomic mass is 10.1. The van der Waals surface area contributed by atoms with Crippen molar-refractivity contribution in [3.63, 3.8) is 0 Å². The third kappa shape index (κ3) is 7.31. The number of para-hydroxylation sites is 1. The Morgan fingerprint density at radius 1 is 0.609 bits per heavy atom. The van der Waals surface area contributed by atoms with Gasteiger partial charge in [0.15, 0.2) is 5.75 Å². The number of benzene rings is 4. The van der Waals surface area contributed by atoms with Crippen molar-refractivity contribution in [2.75, 3.05) is 5.32 Å². The van der Waals surface area contributed by atoms with Crippen molar-refractivity contribution in [1.29, 1.82) is 0 Å². The van der Waals surface area contributed by atoms with Crippen LogP contribution < -0.4 is 5.32 Å². The van der Waals surface area contributed by atoms with Gasteiger partial charge in [-0.2, -0.15) is 0 Å². The number of nitrogens with zero attached hydrogens (tertiary/aromatic N) is 2. The molecule has 0 aliphatic carbocycles. The van der Waals surface area contributed by atoms with E-state index in [1.54, 1.807) is 30.3 Å². The molecule has 4 unspecified atom stereocenters. The highest BCUT2D eigenvalue weighted by Gasteiger charge is 2.38. The average Bonchev–Trinajstić information content (AvgIpc) is 3.04. The molecule has 0 fully saturated rings. The van der Waals surface area contributed by atoms with E-state index in [9.17, 15) is 43.0 Å². The number of nitrogens with one attached hydrogen (secondary N) is 1. The first-order chi connectivity index (χ1) is 21.5. The van der Waals surface area contributed by atoms with Gasteiger partial charge in [0.25, 0.3) is 0 Å². The Bertz CT molecular complexity index is 2210. The molecule has 0 radical (unpaired) electrons. The fourth-order valence-corrected chi connectivity index (χ4v) is 10.7. The highest BCUT2D eigenvalue weighted by molar-refractivity contribution is 8.33. The molecule has 24 heteroatoms. The van der Waals surface area contributed by atoms with Gasteiger partial charge in [-0.05, 0) is 41.8 Å². The Labute approximate surface area is 279 Å². The van der Waals surface area contributed by atoms with Crippen LogP contribution in [0.3, 0.4) is 0 Å². The molecule has 0 aliphatic rings. The number of phenolic OH excluding ortho intramolecular Hbond substituents is 1. The van der Waals surface area contributed by atoms with Crippen LogP contribution in [0.5, 0.6) is 5.75 Å². The summed E-state index contributed by atoms with van der Waals surface area (Å²) >= 11 is 18.9. The molecular formula is C22H17N3O13S8. The number of phenols is 1. The lowest BCUT2D eigenvalue weighted by Gasteiger charge is -2.19. The molecular weight excluding hydrogens is 771 g/mol. The lowest BCUT2D eigenvalue weighted by Crippen LogP contribution is -2.18. The number of hydrogen-bond donors (Lipinski definition) is 6. The van der Waals surface area contributed by atoms with Crippen LogP contribution in [0.2, 0.25) is 0 Å². The second-order valence-corrected chi connectivity index (χ2v) is 19.7. The highest BCUT2D eigenvalue weighted by atomic mass is 32.9. The van der Waals surface area contributed by atoms with Gasteiger partial charge in [0.05, 0.1) is 9.79 Å². The van der Waals surface area contributed by atoms with Crippen LogP contribution in [0.4, 0.5) is 22.7 Å². The molecule has 0 amide bonds. The summed E-state index contributed by atoms with van der Waals surface area (Å²) in [6.45, 7) is 0. The number of azo groups is 1. The zero-order chi connectivity index (χ0) is 34.1. The predicted molar refractivity (Wildman–Crippen MR) is 176 cm³/mol. The zero-order valence-corrected chi connectivity index (χ0v) is 28.5. The Kier molecular flexibility index (Phi) is 11.0. The van der Waals surface area contributed by atoms with Crippen molar-refractivity contribution in [2.24, 2.45) is 10.2 Å². The molecule has 4 atom stereocenters. The molecule has 0 spiro atoms. The monoisotopic (exact) mass is 787 g/mol. The summed E-state index contributed by atoms with van der Waals surface area (Å²) in [6.07, 6.45) is 0. The first-order valence-corrected chi connectivity index (χ1v) is 21.2. The standard InChI is InChI=1S/C22H17N3O13S8/c26-20-15-10-14(23-13-4-2-1-3-5-13)8-6-12(15)7-9-16(20)24-25-19-21(45(33,41)37-29)17(43(31,39)35-27)11-18(44(32,40)36-28)22(19)46(34,42)38-30/h1-11,23,26-30H. The summed E-state index contributed by atoms with van der Waals surface area (Å²) in [4.78, 5) is -4.87.